The Morgan fingerprint density at radius 2 is 1.80 bits per heavy atom. The summed E-state index contributed by atoms with van der Waals surface area (Å²) in [7, 11) is 0. The van der Waals surface area contributed by atoms with Crippen LogP contribution in [0.1, 0.15) is 29.5 Å². The lowest BCUT2D eigenvalue weighted by Crippen LogP contribution is -2.15. The lowest BCUT2D eigenvalue weighted by atomic mass is 9.99. The molecule has 2 aromatic rings. The lowest BCUT2D eigenvalue weighted by Gasteiger charge is -2.08. The van der Waals surface area contributed by atoms with Crippen LogP contribution in [-0.4, -0.2) is 6.04 Å². The molecule has 20 heavy (non-hydrogen) atoms. The zero-order chi connectivity index (χ0) is 13.4. The van der Waals surface area contributed by atoms with Gasteiger partial charge in [-0.1, -0.05) is 30.3 Å². The van der Waals surface area contributed by atoms with E-state index in [4.69, 9.17) is 4.74 Å². The molecule has 4 rings (SSSR count). The Bertz CT molecular complexity index is 631. The van der Waals surface area contributed by atoms with E-state index in [9.17, 15) is 0 Å². The van der Waals surface area contributed by atoms with E-state index in [0.717, 1.165) is 25.8 Å². The van der Waals surface area contributed by atoms with Gasteiger partial charge in [0.1, 0.15) is 0 Å². The van der Waals surface area contributed by atoms with E-state index >= 15 is 0 Å². The average molecular weight is 265 g/mol. The molecule has 1 heterocycles. The average Bonchev–Trinajstić information content (AvgIpc) is 3.20. The topological polar surface area (TPSA) is 21.3 Å². The van der Waals surface area contributed by atoms with Crippen molar-refractivity contribution < 1.29 is 4.74 Å². The van der Waals surface area contributed by atoms with Gasteiger partial charge < -0.3 is 10.1 Å². The van der Waals surface area contributed by atoms with Crippen LogP contribution >= 0.6 is 0 Å². The third-order valence-corrected chi connectivity index (χ3v) is 4.15. The standard InChI is InChI=1S/C18H19NO/c1-2-13(10-19-18-6-7-18)8-14(3-1)15-4-5-16-11-20-12-17(16)9-15/h1-5,8-9,18-19H,6-7,10-12H2. The number of fused-ring (bicyclic) bond motifs is 1. The van der Waals surface area contributed by atoms with E-state index in [1.54, 1.807) is 0 Å². The van der Waals surface area contributed by atoms with Crippen molar-refractivity contribution in [2.24, 2.45) is 0 Å². The number of nitrogens with one attached hydrogen (secondary N) is 1. The van der Waals surface area contributed by atoms with Crippen molar-refractivity contribution in [1.82, 2.24) is 5.32 Å². The molecule has 0 radical (unpaired) electrons. The van der Waals surface area contributed by atoms with Crippen LogP contribution in [0.2, 0.25) is 0 Å². The summed E-state index contributed by atoms with van der Waals surface area (Å²) < 4.78 is 5.49. The second-order valence-corrected chi connectivity index (χ2v) is 5.83. The fraction of sp³-hybridized carbons (Fsp3) is 0.333. The first kappa shape index (κ1) is 12.1. The van der Waals surface area contributed by atoms with Gasteiger partial charge in [-0.3, -0.25) is 0 Å². The molecule has 1 aliphatic carbocycles. The Morgan fingerprint density at radius 1 is 0.950 bits per heavy atom. The molecule has 2 heteroatoms. The molecule has 0 spiro atoms. The van der Waals surface area contributed by atoms with Gasteiger partial charge in [-0.2, -0.15) is 0 Å². The third kappa shape index (κ3) is 2.49. The van der Waals surface area contributed by atoms with Gasteiger partial charge in [-0.15, -0.1) is 0 Å². The van der Waals surface area contributed by atoms with Gasteiger partial charge in [0.25, 0.3) is 0 Å². The van der Waals surface area contributed by atoms with E-state index in [-0.39, 0.29) is 0 Å². The molecule has 0 bridgehead atoms. The minimum absolute atomic E-state index is 0.756. The largest absolute Gasteiger partial charge is 0.372 e. The second-order valence-electron chi connectivity index (χ2n) is 5.83. The Labute approximate surface area is 119 Å². The molecule has 2 aliphatic rings. The maximum Gasteiger partial charge on any atom is 0.0725 e. The van der Waals surface area contributed by atoms with Gasteiger partial charge >= 0.3 is 0 Å². The molecule has 102 valence electrons. The summed E-state index contributed by atoms with van der Waals surface area (Å²) in [6, 6.07) is 16.3. The maximum absolute atomic E-state index is 5.49. The van der Waals surface area contributed by atoms with Crippen LogP contribution in [-0.2, 0) is 24.5 Å². The molecule has 1 saturated carbocycles. The Hall–Kier alpha value is -1.64. The Morgan fingerprint density at radius 3 is 2.70 bits per heavy atom. The molecular formula is C18H19NO. The molecule has 0 saturated heterocycles. The van der Waals surface area contributed by atoms with Crippen molar-refractivity contribution in [2.75, 3.05) is 0 Å². The van der Waals surface area contributed by atoms with Crippen molar-refractivity contribution in [3.63, 3.8) is 0 Å². The first-order valence-corrected chi connectivity index (χ1v) is 7.41. The van der Waals surface area contributed by atoms with Crippen LogP contribution in [0.15, 0.2) is 42.5 Å². The number of hydrogen-bond donors (Lipinski definition) is 1. The maximum atomic E-state index is 5.49. The van der Waals surface area contributed by atoms with Crippen LogP contribution in [0.5, 0.6) is 0 Å². The zero-order valence-electron chi connectivity index (χ0n) is 11.6. The van der Waals surface area contributed by atoms with E-state index < -0.39 is 0 Å². The minimum atomic E-state index is 0.756. The van der Waals surface area contributed by atoms with Gasteiger partial charge in [0.2, 0.25) is 0 Å². The van der Waals surface area contributed by atoms with Crippen molar-refractivity contribution in [3.8, 4) is 11.1 Å². The van der Waals surface area contributed by atoms with Crippen molar-refractivity contribution in [3.05, 3.63) is 59.2 Å². The summed E-state index contributed by atoms with van der Waals surface area (Å²) in [5, 5.41) is 3.57. The number of benzene rings is 2. The molecule has 1 N–H and O–H groups in total. The first-order valence-electron chi connectivity index (χ1n) is 7.41. The van der Waals surface area contributed by atoms with Gasteiger partial charge in [0.05, 0.1) is 13.2 Å². The zero-order valence-corrected chi connectivity index (χ0v) is 11.6. The monoisotopic (exact) mass is 265 g/mol. The van der Waals surface area contributed by atoms with Gasteiger partial charge in [-0.25, -0.2) is 0 Å². The normalized spacial score (nSPS) is 17.2. The van der Waals surface area contributed by atoms with Gasteiger partial charge in [-0.05, 0) is 52.8 Å². The summed E-state index contributed by atoms with van der Waals surface area (Å²) in [6.45, 7) is 2.50. The van der Waals surface area contributed by atoms with E-state index in [2.05, 4.69) is 47.8 Å². The van der Waals surface area contributed by atoms with Gasteiger partial charge in [0.15, 0.2) is 0 Å². The molecule has 2 nitrogen and oxygen atoms in total. The van der Waals surface area contributed by atoms with Crippen molar-refractivity contribution in [2.45, 2.75) is 38.6 Å². The lowest BCUT2D eigenvalue weighted by molar-refractivity contribution is 0.134. The highest BCUT2D eigenvalue weighted by molar-refractivity contribution is 5.65. The summed E-state index contributed by atoms with van der Waals surface area (Å²) in [5.41, 5.74) is 6.63. The summed E-state index contributed by atoms with van der Waals surface area (Å²) >= 11 is 0. The van der Waals surface area contributed by atoms with E-state index in [1.807, 2.05) is 0 Å². The summed E-state index contributed by atoms with van der Waals surface area (Å²) in [4.78, 5) is 0. The molecule has 0 aromatic heterocycles. The second kappa shape index (κ2) is 5.04. The highest BCUT2D eigenvalue weighted by atomic mass is 16.5. The van der Waals surface area contributed by atoms with Crippen molar-refractivity contribution >= 4 is 0 Å². The molecule has 0 atom stereocenters. The van der Waals surface area contributed by atoms with E-state index in [1.165, 1.54) is 40.7 Å². The minimum Gasteiger partial charge on any atom is -0.372 e. The molecular weight excluding hydrogens is 246 g/mol. The molecule has 0 amide bonds. The smallest absolute Gasteiger partial charge is 0.0725 e. The Balaban J connectivity index is 1.58. The van der Waals surface area contributed by atoms with Crippen LogP contribution in [0, 0.1) is 0 Å². The molecule has 2 aromatic carbocycles. The third-order valence-electron chi connectivity index (χ3n) is 4.15. The number of rotatable bonds is 4. The SMILES string of the molecule is c1cc(CNC2CC2)cc(-c2ccc3c(c2)COC3)c1. The van der Waals surface area contributed by atoms with Gasteiger partial charge in [0, 0.05) is 12.6 Å². The fourth-order valence-corrected chi connectivity index (χ4v) is 2.76. The molecule has 1 fully saturated rings. The number of ether oxygens (including phenoxy) is 1. The van der Waals surface area contributed by atoms with Crippen LogP contribution < -0.4 is 5.32 Å². The summed E-state index contributed by atoms with van der Waals surface area (Å²) in [6.07, 6.45) is 2.68. The van der Waals surface area contributed by atoms with Crippen LogP contribution in [0.4, 0.5) is 0 Å². The molecule has 1 aliphatic heterocycles. The predicted octanol–water partition coefficient (Wildman–Crippen LogP) is 3.64. The predicted molar refractivity (Wildman–Crippen MR) is 80.2 cm³/mol. The van der Waals surface area contributed by atoms with Crippen molar-refractivity contribution in [1.29, 1.82) is 0 Å². The van der Waals surface area contributed by atoms with Crippen LogP contribution in [0.3, 0.4) is 0 Å². The highest BCUT2D eigenvalue weighted by Gasteiger charge is 2.20. The highest BCUT2D eigenvalue weighted by Crippen LogP contribution is 2.27. The number of hydrogen-bond acceptors (Lipinski definition) is 2. The molecule has 0 unspecified atom stereocenters. The Kier molecular flexibility index (Phi) is 3.06. The first-order chi connectivity index (χ1) is 9.88. The quantitative estimate of drug-likeness (QED) is 0.911. The summed E-state index contributed by atoms with van der Waals surface area (Å²) in [5.74, 6) is 0. The van der Waals surface area contributed by atoms with E-state index in [0.29, 0.717) is 0 Å². The fourth-order valence-electron chi connectivity index (χ4n) is 2.76. The van der Waals surface area contributed by atoms with Crippen LogP contribution in [0.25, 0.3) is 11.1 Å².